The molecule has 2 rings (SSSR count). The van der Waals surface area contributed by atoms with Crippen molar-refractivity contribution in [3.63, 3.8) is 0 Å². The number of carbonyl (C=O) groups excluding carboxylic acids is 3. The van der Waals surface area contributed by atoms with Crippen molar-refractivity contribution in [3.8, 4) is 0 Å². The quantitative estimate of drug-likeness (QED) is 0.306. The summed E-state index contributed by atoms with van der Waals surface area (Å²) in [6.45, 7) is 5.01. The second-order valence-electron chi connectivity index (χ2n) is 6.04. The summed E-state index contributed by atoms with van der Waals surface area (Å²) in [6.07, 6.45) is -0.145. The summed E-state index contributed by atoms with van der Waals surface area (Å²) in [5.41, 5.74) is 1.48. The van der Waals surface area contributed by atoms with Crippen LogP contribution in [0.15, 0.2) is 16.0 Å². The highest BCUT2D eigenvalue weighted by atomic mass is 32.2. The van der Waals surface area contributed by atoms with Crippen LogP contribution in [0.4, 0.5) is 0 Å². The molecule has 0 aromatic carbocycles. The number of thioether (sulfide) groups is 1. The van der Waals surface area contributed by atoms with Crippen LogP contribution in [0.2, 0.25) is 0 Å². The number of aromatic amines is 2. The average molecular weight is 407 g/mol. The fourth-order valence-corrected chi connectivity index (χ4v) is 3.57. The van der Waals surface area contributed by atoms with E-state index in [1.807, 2.05) is 0 Å². The normalized spacial score (nSPS) is 11.8. The highest BCUT2D eigenvalue weighted by Crippen LogP contribution is 2.26. The van der Waals surface area contributed by atoms with Gasteiger partial charge in [-0.25, -0.2) is 9.78 Å². The van der Waals surface area contributed by atoms with E-state index in [4.69, 9.17) is 4.74 Å². The molecule has 2 aromatic rings. The molecule has 9 nitrogen and oxygen atoms in total. The van der Waals surface area contributed by atoms with Crippen LogP contribution in [0.3, 0.4) is 0 Å². The number of esters is 2. The Morgan fingerprint density at radius 2 is 1.86 bits per heavy atom. The highest BCUT2D eigenvalue weighted by Gasteiger charge is 2.26. The Morgan fingerprint density at radius 3 is 2.46 bits per heavy atom. The molecular formula is C18H21N3O6S. The van der Waals surface area contributed by atoms with Crippen molar-refractivity contribution in [2.45, 2.75) is 37.6 Å². The van der Waals surface area contributed by atoms with Crippen LogP contribution in [0.25, 0.3) is 0 Å². The molecule has 0 spiro atoms. The molecule has 0 radical (unpaired) electrons. The number of methoxy groups -OCH3 is 2. The number of ether oxygens (including phenoxy) is 2. The second-order valence-corrected chi connectivity index (χ2v) is 7.37. The van der Waals surface area contributed by atoms with Crippen molar-refractivity contribution in [1.29, 1.82) is 0 Å². The summed E-state index contributed by atoms with van der Waals surface area (Å²) in [6, 6.07) is 1.20. The van der Waals surface area contributed by atoms with Crippen LogP contribution in [0, 0.1) is 13.8 Å². The zero-order valence-corrected chi connectivity index (χ0v) is 17.0. The minimum absolute atomic E-state index is 0.145. The molecule has 1 atom stereocenters. The van der Waals surface area contributed by atoms with Gasteiger partial charge in [-0.1, -0.05) is 11.8 Å². The molecule has 2 N–H and O–H groups in total. The number of Topliss-reactive ketones (excluding diaryl/α,β-unsaturated/α-hetero) is 1. The summed E-state index contributed by atoms with van der Waals surface area (Å²) in [5, 5.41) is -0.403. The molecule has 0 saturated carbocycles. The summed E-state index contributed by atoms with van der Waals surface area (Å²) in [4.78, 5) is 57.6. The van der Waals surface area contributed by atoms with Gasteiger partial charge in [0.05, 0.1) is 42.8 Å². The molecule has 2 aromatic heterocycles. The van der Waals surface area contributed by atoms with Gasteiger partial charge in [0.15, 0.2) is 10.9 Å². The third-order valence-corrected chi connectivity index (χ3v) is 5.04. The third kappa shape index (κ3) is 4.69. The third-order valence-electron chi connectivity index (χ3n) is 4.06. The first kappa shape index (κ1) is 21.4. The molecule has 0 amide bonds. The number of rotatable bonds is 7. The minimum Gasteiger partial charge on any atom is -0.469 e. The van der Waals surface area contributed by atoms with Gasteiger partial charge in [0.25, 0.3) is 5.56 Å². The number of nitrogens with one attached hydrogen (secondary N) is 2. The van der Waals surface area contributed by atoms with Gasteiger partial charge in [0.1, 0.15) is 0 Å². The number of H-pyrrole nitrogens is 2. The van der Waals surface area contributed by atoms with E-state index in [0.29, 0.717) is 22.5 Å². The minimum atomic E-state index is -0.612. The maximum absolute atomic E-state index is 12.8. The molecule has 0 saturated heterocycles. The van der Waals surface area contributed by atoms with Crippen molar-refractivity contribution in [1.82, 2.24) is 15.0 Å². The Labute approximate surface area is 165 Å². The Hall–Kier alpha value is -2.88. The summed E-state index contributed by atoms with van der Waals surface area (Å²) in [5.74, 6) is -1.31. The molecule has 0 aliphatic rings. The number of hydrogen-bond donors (Lipinski definition) is 2. The first-order chi connectivity index (χ1) is 13.2. The van der Waals surface area contributed by atoms with Gasteiger partial charge in [-0.15, -0.1) is 0 Å². The predicted octanol–water partition coefficient (Wildman–Crippen LogP) is 1.58. The molecule has 0 aliphatic heterocycles. The Morgan fingerprint density at radius 1 is 1.18 bits per heavy atom. The van der Waals surface area contributed by atoms with E-state index in [2.05, 4.69) is 19.7 Å². The fraction of sp³-hybridized carbons (Fsp3) is 0.389. The lowest BCUT2D eigenvalue weighted by Crippen LogP contribution is -2.18. The van der Waals surface area contributed by atoms with Gasteiger partial charge in [0, 0.05) is 11.8 Å². The molecule has 10 heteroatoms. The first-order valence-electron chi connectivity index (χ1n) is 8.33. The van der Waals surface area contributed by atoms with Crippen LogP contribution in [-0.2, 0) is 20.7 Å². The lowest BCUT2D eigenvalue weighted by Gasteiger charge is -2.10. The lowest BCUT2D eigenvalue weighted by molar-refractivity contribution is -0.139. The van der Waals surface area contributed by atoms with Crippen molar-refractivity contribution in [3.05, 3.63) is 44.6 Å². The SMILES string of the molecule is COC(=O)Cc1cc(=O)[nH]c(S[C@@H](C)C(=O)c2[nH]c(C)c(C(=O)OC)c2C)n1. The molecule has 0 bridgehead atoms. The summed E-state index contributed by atoms with van der Waals surface area (Å²) < 4.78 is 9.32. The van der Waals surface area contributed by atoms with Crippen LogP contribution in [0.1, 0.15) is 44.7 Å². The summed E-state index contributed by atoms with van der Waals surface area (Å²) in [7, 11) is 2.52. The van der Waals surface area contributed by atoms with Crippen molar-refractivity contribution < 1.29 is 23.9 Å². The average Bonchev–Trinajstić information content (AvgIpc) is 2.93. The van der Waals surface area contributed by atoms with Crippen molar-refractivity contribution in [2.75, 3.05) is 14.2 Å². The van der Waals surface area contributed by atoms with Gasteiger partial charge in [0.2, 0.25) is 0 Å². The smallest absolute Gasteiger partial charge is 0.339 e. The van der Waals surface area contributed by atoms with Crippen molar-refractivity contribution >= 4 is 29.5 Å². The standard InChI is InChI=1S/C18H21N3O6S/c1-8-14(17(25)27-5)9(2)19-15(8)16(24)10(3)28-18-20-11(6-12(22)21-18)7-13(23)26-4/h6,10,19H,7H2,1-5H3,(H,20,21,22)/t10-/m0/s1. The topological polar surface area (TPSA) is 131 Å². The van der Waals surface area contributed by atoms with E-state index < -0.39 is 22.7 Å². The van der Waals surface area contributed by atoms with Gasteiger partial charge >= 0.3 is 11.9 Å². The van der Waals surface area contributed by atoms with Crippen LogP contribution >= 0.6 is 11.8 Å². The Balaban J connectivity index is 2.25. The number of carbonyl (C=O) groups is 3. The number of ketones is 1. The number of aryl methyl sites for hydroxylation is 1. The van der Waals surface area contributed by atoms with E-state index >= 15 is 0 Å². The van der Waals surface area contributed by atoms with E-state index in [1.54, 1.807) is 20.8 Å². The van der Waals surface area contributed by atoms with Gasteiger partial charge < -0.3 is 19.4 Å². The monoisotopic (exact) mass is 407 g/mol. The number of hydrogen-bond acceptors (Lipinski definition) is 8. The molecule has 0 unspecified atom stereocenters. The molecule has 2 heterocycles. The fourth-order valence-electron chi connectivity index (χ4n) is 2.68. The Kier molecular flexibility index (Phi) is 6.79. The molecule has 150 valence electrons. The lowest BCUT2D eigenvalue weighted by atomic mass is 10.1. The van der Waals surface area contributed by atoms with Crippen LogP contribution in [0.5, 0.6) is 0 Å². The van der Waals surface area contributed by atoms with Crippen LogP contribution < -0.4 is 5.56 Å². The molecular weight excluding hydrogens is 386 g/mol. The molecule has 28 heavy (non-hydrogen) atoms. The largest absolute Gasteiger partial charge is 0.469 e. The van der Waals surface area contributed by atoms with E-state index in [9.17, 15) is 19.2 Å². The second kappa shape index (κ2) is 8.87. The first-order valence-corrected chi connectivity index (χ1v) is 9.21. The maximum atomic E-state index is 12.8. The predicted molar refractivity (Wildman–Crippen MR) is 102 cm³/mol. The summed E-state index contributed by atoms with van der Waals surface area (Å²) >= 11 is 1.04. The number of nitrogens with zero attached hydrogens (tertiary/aromatic N) is 1. The maximum Gasteiger partial charge on any atom is 0.339 e. The van der Waals surface area contributed by atoms with Crippen LogP contribution in [-0.4, -0.2) is 52.1 Å². The van der Waals surface area contributed by atoms with E-state index in [0.717, 1.165) is 11.8 Å². The highest BCUT2D eigenvalue weighted by molar-refractivity contribution is 8.00. The number of aromatic nitrogens is 3. The van der Waals surface area contributed by atoms with Gasteiger partial charge in [-0.05, 0) is 26.3 Å². The molecule has 0 fully saturated rings. The van der Waals surface area contributed by atoms with E-state index in [1.165, 1.54) is 20.3 Å². The van der Waals surface area contributed by atoms with Gasteiger partial charge in [-0.3, -0.25) is 14.4 Å². The van der Waals surface area contributed by atoms with E-state index in [-0.39, 0.29) is 23.1 Å². The molecule has 0 aliphatic carbocycles. The Bertz CT molecular complexity index is 978. The zero-order valence-electron chi connectivity index (χ0n) is 16.2. The van der Waals surface area contributed by atoms with Crippen molar-refractivity contribution in [2.24, 2.45) is 0 Å². The zero-order chi connectivity index (χ0) is 21.0. The van der Waals surface area contributed by atoms with Gasteiger partial charge in [-0.2, -0.15) is 0 Å².